The van der Waals surface area contributed by atoms with Gasteiger partial charge in [0, 0.05) is 25.7 Å². The van der Waals surface area contributed by atoms with Gasteiger partial charge in [-0.3, -0.25) is 37.3 Å². The summed E-state index contributed by atoms with van der Waals surface area (Å²) in [7, 11) is -9.92. The first-order valence-corrected chi connectivity index (χ1v) is 42.6. The molecule has 0 aromatic rings. The molecule has 0 heterocycles. The number of phosphoric acid groups is 2. The smallest absolute Gasteiger partial charge is 0.462 e. The van der Waals surface area contributed by atoms with Gasteiger partial charge in [0.1, 0.15) is 19.3 Å². The van der Waals surface area contributed by atoms with Gasteiger partial charge in [-0.15, -0.1) is 0 Å². The van der Waals surface area contributed by atoms with Gasteiger partial charge in [-0.1, -0.05) is 335 Å². The minimum Gasteiger partial charge on any atom is -0.462 e. The van der Waals surface area contributed by atoms with Gasteiger partial charge in [0.05, 0.1) is 26.4 Å². The van der Waals surface area contributed by atoms with Crippen molar-refractivity contribution in [2.75, 3.05) is 39.6 Å². The van der Waals surface area contributed by atoms with Crippen molar-refractivity contribution in [1.29, 1.82) is 0 Å². The predicted molar refractivity (Wildman–Crippen MR) is 391 cm³/mol. The topological polar surface area (TPSA) is 237 Å². The van der Waals surface area contributed by atoms with Gasteiger partial charge in [-0.2, -0.15) is 0 Å². The molecule has 19 heteroatoms. The van der Waals surface area contributed by atoms with Crippen molar-refractivity contribution >= 4 is 39.5 Å². The predicted octanol–water partition coefficient (Wildman–Crippen LogP) is 22.6. The summed E-state index contributed by atoms with van der Waals surface area (Å²) in [5, 5.41) is 10.6. The number of aliphatic hydroxyl groups is 1. The number of rotatable bonds is 76. The third-order valence-electron chi connectivity index (χ3n) is 17.5. The molecule has 0 rings (SSSR count). The van der Waals surface area contributed by atoms with E-state index in [1.807, 2.05) is 0 Å². The number of carbonyl (C=O) groups excluding carboxylic acids is 4. The molecular weight excluding hydrogens is 1260 g/mol. The fraction of sp³-hybridized carbons (Fsp3) is 0.896. The maximum Gasteiger partial charge on any atom is 0.472 e. The van der Waals surface area contributed by atoms with E-state index in [9.17, 15) is 43.2 Å². The molecule has 5 atom stereocenters. The van der Waals surface area contributed by atoms with Gasteiger partial charge in [-0.05, 0) is 51.4 Å². The van der Waals surface area contributed by atoms with Gasteiger partial charge in [-0.25, -0.2) is 9.13 Å². The van der Waals surface area contributed by atoms with Gasteiger partial charge in [0.25, 0.3) is 0 Å². The summed E-state index contributed by atoms with van der Waals surface area (Å²) in [6.45, 7) is 4.89. The van der Waals surface area contributed by atoms with Crippen LogP contribution in [0.1, 0.15) is 387 Å². The standard InChI is InChI=1S/C77H146O17P2/c1-5-9-13-17-21-25-28-30-32-33-34-35-36-37-38-40-42-44-48-52-56-60-64-77(82)94-73(68-88-75(80)62-58-54-50-47-43-41-39-31-29-26-22-18-14-10-6-2)70-92-96(85,86)90-66-71(78)65-89-95(83,84)91-69-72(67-87-74(79)61-57-53-49-45-24-20-16-12-8-4)93-76(81)63-59-55-51-46-27-23-19-15-11-7-3/h26,29,31,39,71-73,78H,5-25,27-28,30,32-38,40-70H2,1-4H3,(H,83,84)(H,85,86)/b29-26-,39-31-/t71-,72+,73+/m0/s1. The highest BCUT2D eigenvalue weighted by atomic mass is 31.2. The lowest BCUT2D eigenvalue weighted by molar-refractivity contribution is -0.161. The van der Waals surface area contributed by atoms with E-state index in [0.29, 0.717) is 25.7 Å². The summed E-state index contributed by atoms with van der Waals surface area (Å²) in [6.07, 6.45) is 64.8. The zero-order valence-corrected chi connectivity index (χ0v) is 63.6. The first kappa shape index (κ1) is 93.5. The van der Waals surface area contributed by atoms with Crippen LogP contribution in [-0.4, -0.2) is 96.7 Å². The number of allylic oxidation sites excluding steroid dienone is 4. The first-order chi connectivity index (χ1) is 46.7. The fourth-order valence-electron chi connectivity index (χ4n) is 11.4. The molecular formula is C77H146O17P2. The molecule has 566 valence electrons. The van der Waals surface area contributed by atoms with Crippen LogP contribution >= 0.6 is 15.6 Å². The SMILES string of the molecule is CCCCCC/C=C\C=C/CCCCCCCC(=O)OC[C@H](COP(=O)(O)OC[C@@H](O)COP(=O)(O)OC[C@@H](COC(=O)CCCCCCCCCCC)OC(=O)CCCCCCCCCCCC)OC(=O)CCCCCCCCCCCCCCCCCCCCCCCC. The second-order valence-corrected chi connectivity index (χ2v) is 30.0. The molecule has 96 heavy (non-hydrogen) atoms. The average Bonchev–Trinajstić information content (AvgIpc) is 1.22. The van der Waals surface area contributed by atoms with Crippen LogP contribution in [0.15, 0.2) is 24.3 Å². The van der Waals surface area contributed by atoms with E-state index >= 15 is 0 Å². The molecule has 0 bridgehead atoms. The number of carbonyl (C=O) groups is 4. The van der Waals surface area contributed by atoms with Crippen LogP contribution in [0.25, 0.3) is 0 Å². The van der Waals surface area contributed by atoms with Gasteiger partial charge < -0.3 is 33.8 Å². The Morgan fingerprint density at radius 3 is 0.760 bits per heavy atom. The zero-order valence-electron chi connectivity index (χ0n) is 61.8. The molecule has 0 aliphatic heterocycles. The number of phosphoric ester groups is 2. The van der Waals surface area contributed by atoms with E-state index < -0.39 is 97.5 Å². The molecule has 0 saturated heterocycles. The Bertz CT molecular complexity index is 1920. The van der Waals surface area contributed by atoms with E-state index in [1.165, 1.54) is 199 Å². The van der Waals surface area contributed by atoms with E-state index in [2.05, 4.69) is 52.0 Å². The minimum atomic E-state index is -4.96. The highest BCUT2D eigenvalue weighted by Gasteiger charge is 2.30. The second kappa shape index (κ2) is 71.0. The number of esters is 4. The maximum absolute atomic E-state index is 13.1. The Hall–Kier alpha value is -2.46. The summed E-state index contributed by atoms with van der Waals surface area (Å²) in [5.74, 6) is -2.15. The lowest BCUT2D eigenvalue weighted by Gasteiger charge is -2.21. The molecule has 0 spiro atoms. The summed E-state index contributed by atoms with van der Waals surface area (Å²) >= 11 is 0. The van der Waals surface area contributed by atoms with Crippen LogP contribution in [0.2, 0.25) is 0 Å². The highest BCUT2D eigenvalue weighted by Crippen LogP contribution is 2.45. The Labute approximate surface area is 586 Å². The normalized spacial score (nSPS) is 14.0. The lowest BCUT2D eigenvalue weighted by atomic mass is 10.0. The van der Waals surface area contributed by atoms with Crippen molar-refractivity contribution in [3.8, 4) is 0 Å². The summed E-state index contributed by atoms with van der Waals surface area (Å²) in [6, 6.07) is 0. The number of aliphatic hydroxyl groups excluding tert-OH is 1. The number of hydrogen-bond donors (Lipinski definition) is 3. The van der Waals surface area contributed by atoms with Crippen LogP contribution < -0.4 is 0 Å². The molecule has 3 N–H and O–H groups in total. The van der Waals surface area contributed by atoms with Crippen molar-refractivity contribution in [3.05, 3.63) is 24.3 Å². The second-order valence-electron chi connectivity index (χ2n) is 27.1. The molecule has 0 radical (unpaired) electrons. The monoisotopic (exact) mass is 1410 g/mol. The molecule has 0 saturated carbocycles. The number of unbranched alkanes of at least 4 members (excludes halogenated alkanes) is 47. The van der Waals surface area contributed by atoms with Crippen LogP contribution in [0, 0.1) is 0 Å². The van der Waals surface area contributed by atoms with Crippen molar-refractivity contribution in [3.63, 3.8) is 0 Å². The maximum atomic E-state index is 13.1. The quantitative estimate of drug-likeness (QED) is 0.0169. The van der Waals surface area contributed by atoms with E-state index in [1.54, 1.807) is 0 Å². The third-order valence-corrected chi connectivity index (χ3v) is 19.4. The largest absolute Gasteiger partial charge is 0.472 e. The minimum absolute atomic E-state index is 0.102. The van der Waals surface area contributed by atoms with E-state index in [-0.39, 0.29) is 25.7 Å². The van der Waals surface area contributed by atoms with Gasteiger partial charge in [0.2, 0.25) is 0 Å². The first-order valence-electron chi connectivity index (χ1n) is 39.6. The Morgan fingerprint density at radius 1 is 0.292 bits per heavy atom. The molecule has 0 amide bonds. The van der Waals surface area contributed by atoms with Crippen molar-refractivity contribution in [2.24, 2.45) is 0 Å². The Morgan fingerprint density at radius 2 is 0.500 bits per heavy atom. The van der Waals surface area contributed by atoms with Gasteiger partial charge >= 0.3 is 39.5 Å². The number of hydrogen-bond acceptors (Lipinski definition) is 15. The van der Waals surface area contributed by atoms with Crippen molar-refractivity contribution < 1.29 is 80.2 Å². The van der Waals surface area contributed by atoms with Crippen molar-refractivity contribution in [2.45, 2.75) is 406 Å². The fourth-order valence-corrected chi connectivity index (χ4v) is 13.0. The molecule has 2 unspecified atom stereocenters. The molecule has 0 aromatic heterocycles. The summed E-state index contributed by atoms with van der Waals surface area (Å²) < 4.78 is 68.4. The average molecular weight is 1410 g/mol. The van der Waals surface area contributed by atoms with E-state index in [4.69, 9.17) is 37.0 Å². The Balaban J connectivity index is 5.19. The van der Waals surface area contributed by atoms with E-state index in [0.717, 1.165) is 109 Å². The van der Waals surface area contributed by atoms with Gasteiger partial charge in [0.15, 0.2) is 12.2 Å². The van der Waals surface area contributed by atoms with Crippen molar-refractivity contribution in [1.82, 2.24) is 0 Å². The molecule has 0 aromatic carbocycles. The molecule has 0 aliphatic carbocycles. The van der Waals surface area contributed by atoms with Crippen LogP contribution in [0.3, 0.4) is 0 Å². The third kappa shape index (κ3) is 70.0. The summed E-state index contributed by atoms with van der Waals surface area (Å²) in [5.41, 5.74) is 0. The summed E-state index contributed by atoms with van der Waals surface area (Å²) in [4.78, 5) is 72.7. The molecule has 0 fully saturated rings. The lowest BCUT2D eigenvalue weighted by Crippen LogP contribution is -2.30. The Kier molecular flexibility index (Phi) is 69.1. The van der Waals surface area contributed by atoms with Crippen LogP contribution in [-0.2, 0) is 65.4 Å². The van der Waals surface area contributed by atoms with Crippen LogP contribution in [0.4, 0.5) is 0 Å². The molecule has 0 aliphatic rings. The zero-order chi connectivity index (χ0) is 70.4. The highest BCUT2D eigenvalue weighted by molar-refractivity contribution is 7.47. The molecule has 17 nitrogen and oxygen atoms in total. The van der Waals surface area contributed by atoms with Crippen LogP contribution in [0.5, 0.6) is 0 Å². The number of ether oxygens (including phenoxy) is 4.